The predicted molar refractivity (Wildman–Crippen MR) is 124 cm³/mol. The van der Waals surface area contributed by atoms with Crippen molar-refractivity contribution in [2.24, 2.45) is 10.3 Å². The molecule has 2 atom stereocenters. The molecule has 0 aliphatic carbocycles. The van der Waals surface area contributed by atoms with Crippen LogP contribution < -0.4 is 14.4 Å². The van der Waals surface area contributed by atoms with Crippen molar-refractivity contribution >= 4 is 17.5 Å². The van der Waals surface area contributed by atoms with E-state index in [1.807, 2.05) is 26.0 Å². The molecule has 11 heteroatoms. The summed E-state index contributed by atoms with van der Waals surface area (Å²) >= 11 is 0. The minimum Gasteiger partial charge on any atom is -0.493 e. The lowest BCUT2D eigenvalue weighted by atomic mass is 10.1. The number of anilines is 1. The molecule has 3 heterocycles. The number of hydrogen-bond acceptors (Lipinski definition) is 10. The number of nitrogens with zero attached hydrogens (tertiary/aromatic N) is 6. The van der Waals surface area contributed by atoms with E-state index in [4.69, 9.17) is 14.0 Å². The van der Waals surface area contributed by atoms with Crippen LogP contribution in [0.1, 0.15) is 25.3 Å². The van der Waals surface area contributed by atoms with Gasteiger partial charge in [0.1, 0.15) is 6.54 Å². The summed E-state index contributed by atoms with van der Waals surface area (Å²) in [4.78, 5) is 31.7. The molecule has 5 rings (SSSR count). The van der Waals surface area contributed by atoms with Gasteiger partial charge in [-0.3, -0.25) is 14.6 Å². The summed E-state index contributed by atoms with van der Waals surface area (Å²) in [5.74, 6) is 0.964. The third-order valence-electron chi connectivity index (χ3n) is 5.95. The zero-order chi connectivity index (χ0) is 24.5. The molecule has 0 unspecified atom stereocenters. The van der Waals surface area contributed by atoms with Gasteiger partial charge in [-0.15, -0.1) is 0 Å². The number of hydrogen-bond donors (Lipinski definition) is 0. The quantitative estimate of drug-likeness (QED) is 0.454. The first-order valence-corrected chi connectivity index (χ1v) is 11.3. The molecule has 0 spiro atoms. The summed E-state index contributed by atoms with van der Waals surface area (Å²) in [7, 11) is 1.55. The van der Waals surface area contributed by atoms with Crippen molar-refractivity contribution in [3.05, 3.63) is 53.9 Å². The van der Waals surface area contributed by atoms with Crippen LogP contribution in [-0.4, -0.2) is 52.8 Å². The molecule has 0 radical (unpaired) electrons. The van der Waals surface area contributed by atoms with Gasteiger partial charge in [0.15, 0.2) is 23.6 Å². The number of fused-ring (bicyclic) bond motifs is 1. The van der Waals surface area contributed by atoms with Gasteiger partial charge < -0.3 is 14.0 Å². The van der Waals surface area contributed by atoms with Crippen LogP contribution in [-0.2, 0) is 22.6 Å². The highest BCUT2D eigenvalue weighted by Crippen LogP contribution is 2.34. The molecule has 1 saturated heterocycles. The van der Waals surface area contributed by atoms with Gasteiger partial charge in [-0.05, 0) is 49.2 Å². The van der Waals surface area contributed by atoms with E-state index in [-0.39, 0.29) is 18.3 Å². The number of ether oxygens (including phenoxy) is 2. The van der Waals surface area contributed by atoms with Crippen LogP contribution in [0, 0.1) is 0 Å². The Balaban J connectivity index is 1.33. The summed E-state index contributed by atoms with van der Waals surface area (Å²) in [5, 5.41) is 13.5. The zero-order valence-corrected chi connectivity index (χ0v) is 19.5. The number of rotatable bonds is 8. The van der Waals surface area contributed by atoms with Crippen molar-refractivity contribution < 1.29 is 23.6 Å². The highest BCUT2D eigenvalue weighted by Gasteiger charge is 2.55. The average molecular weight is 476 g/mol. The van der Waals surface area contributed by atoms with Gasteiger partial charge in [0, 0.05) is 5.56 Å². The van der Waals surface area contributed by atoms with Crippen molar-refractivity contribution in [3.63, 3.8) is 0 Å². The first-order chi connectivity index (χ1) is 17.0. The number of carbonyl (C=O) groups excluding carboxylic acids is 2. The molecule has 180 valence electrons. The maximum Gasteiger partial charge on any atom is 0.263 e. The predicted octanol–water partition coefficient (Wildman–Crippen LogP) is 3.20. The molecule has 2 aliphatic heterocycles. The number of aryl methyl sites for hydroxylation is 1. The first-order valence-electron chi connectivity index (χ1n) is 11.3. The van der Waals surface area contributed by atoms with Crippen LogP contribution >= 0.6 is 0 Å². The normalized spacial score (nSPS) is 18.9. The van der Waals surface area contributed by atoms with Crippen LogP contribution in [0.3, 0.4) is 0 Å². The Labute approximate surface area is 201 Å². The fourth-order valence-electron chi connectivity index (χ4n) is 4.15. The van der Waals surface area contributed by atoms with Crippen molar-refractivity contribution in [1.29, 1.82) is 0 Å². The summed E-state index contributed by atoms with van der Waals surface area (Å²) in [6.07, 6.45) is 0.866. The average Bonchev–Trinajstić information content (AvgIpc) is 3.58. The number of methoxy groups -OCH3 is 1. The lowest BCUT2D eigenvalue weighted by Gasteiger charge is -2.19. The molecule has 11 nitrogen and oxygen atoms in total. The standard InChI is InChI=1S/C24H24N6O5/c1-4-14-6-9-16(10-7-14)30-23(31)20-21(24(30)32)29(28-26-20)13-19-25-22(27-35-19)15-8-11-17(34-5-2)18(12-15)33-3/h6-12,20-21H,4-5,13H2,1-3H3/t20-,21-/m0/s1. The monoisotopic (exact) mass is 476 g/mol. The second kappa shape index (κ2) is 9.16. The maximum atomic E-state index is 13.2. The number of aromatic nitrogens is 2. The third kappa shape index (κ3) is 3.98. The molecule has 2 aromatic carbocycles. The second-order valence-electron chi connectivity index (χ2n) is 8.03. The van der Waals surface area contributed by atoms with E-state index in [9.17, 15) is 9.59 Å². The van der Waals surface area contributed by atoms with E-state index in [0.29, 0.717) is 35.2 Å². The van der Waals surface area contributed by atoms with Crippen LogP contribution in [0.15, 0.2) is 57.3 Å². The topological polar surface area (TPSA) is 123 Å². The molecule has 1 fully saturated rings. The molecule has 2 amide bonds. The van der Waals surface area contributed by atoms with Gasteiger partial charge in [0.2, 0.25) is 11.7 Å². The molecule has 3 aromatic rings. The molecule has 0 saturated carbocycles. The van der Waals surface area contributed by atoms with Gasteiger partial charge >= 0.3 is 0 Å². The third-order valence-corrected chi connectivity index (χ3v) is 5.95. The van der Waals surface area contributed by atoms with Crippen LogP contribution in [0.4, 0.5) is 5.69 Å². The highest BCUT2D eigenvalue weighted by molar-refractivity contribution is 6.25. The number of carbonyl (C=O) groups is 2. The Morgan fingerprint density at radius 1 is 1.03 bits per heavy atom. The van der Waals surface area contributed by atoms with Crippen molar-refractivity contribution in [2.45, 2.75) is 38.9 Å². The Bertz CT molecular complexity index is 1290. The Hall–Kier alpha value is -4.28. The van der Waals surface area contributed by atoms with E-state index < -0.39 is 18.0 Å². The van der Waals surface area contributed by atoms with Gasteiger partial charge in [-0.25, -0.2) is 4.90 Å². The number of benzene rings is 2. The second-order valence-corrected chi connectivity index (χ2v) is 8.03. The first kappa shape index (κ1) is 22.5. The van der Waals surface area contributed by atoms with E-state index in [1.165, 1.54) is 9.91 Å². The smallest absolute Gasteiger partial charge is 0.263 e. The van der Waals surface area contributed by atoms with Gasteiger partial charge in [0.25, 0.3) is 11.8 Å². The maximum absolute atomic E-state index is 13.2. The Kier molecular flexibility index (Phi) is 5.89. The van der Waals surface area contributed by atoms with E-state index >= 15 is 0 Å². The van der Waals surface area contributed by atoms with Crippen LogP contribution in [0.5, 0.6) is 11.5 Å². The van der Waals surface area contributed by atoms with E-state index in [1.54, 1.807) is 37.4 Å². The fraction of sp³-hybridized carbons (Fsp3) is 0.333. The van der Waals surface area contributed by atoms with Crippen LogP contribution in [0.25, 0.3) is 11.4 Å². The lowest BCUT2D eigenvalue weighted by molar-refractivity contribution is -0.123. The summed E-state index contributed by atoms with van der Waals surface area (Å²) in [5.41, 5.74) is 2.31. The van der Waals surface area contributed by atoms with Gasteiger partial charge in [0.05, 0.1) is 19.4 Å². The lowest BCUT2D eigenvalue weighted by Crippen LogP contribution is -2.39. The molecule has 1 aromatic heterocycles. The minimum atomic E-state index is -0.897. The molecule has 2 aliphatic rings. The van der Waals surface area contributed by atoms with Gasteiger partial charge in [-0.1, -0.05) is 29.4 Å². The molecule has 0 N–H and O–H groups in total. The summed E-state index contributed by atoms with van der Waals surface area (Å²) < 4.78 is 16.3. The van der Waals surface area contributed by atoms with Crippen molar-refractivity contribution in [3.8, 4) is 22.9 Å². The largest absolute Gasteiger partial charge is 0.493 e. The van der Waals surface area contributed by atoms with Crippen LogP contribution in [0.2, 0.25) is 0 Å². The van der Waals surface area contributed by atoms with Gasteiger partial charge in [-0.2, -0.15) is 10.1 Å². The Morgan fingerprint density at radius 3 is 2.54 bits per heavy atom. The highest BCUT2D eigenvalue weighted by atomic mass is 16.5. The van der Waals surface area contributed by atoms with Crippen molar-refractivity contribution in [1.82, 2.24) is 15.1 Å². The molecular weight excluding hydrogens is 452 g/mol. The zero-order valence-electron chi connectivity index (χ0n) is 19.5. The molecule has 35 heavy (non-hydrogen) atoms. The summed E-state index contributed by atoms with van der Waals surface area (Å²) in [6.45, 7) is 4.48. The van der Waals surface area contributed by atoms with E-state index in [0.717, 1.165) is 12.0 Å². The fourth-order valence-corrected chi connectivity index (χ4v) is 4.15. The van der Waals surface area contributed by atoms with E-state index in [2.05, 4.69) is 20.5 Å². The SMILES string of the molecule is CCOc1ccc(-c2noc(CN3N=N[C@@H]4C(=O)N(c5ccc(CC)cc5)C(=O)[C@H]43)n2)cc1OC. The van der Waals surface area contributed by atoms with Crippen molar-refractivity contribution in [2.75, 3.05) is 18.6 Å². The number of amides is 2. The number of imide groups is 1. The molecule has 0 bridgehead atoms. The Morgan fingerprint density at radius 2 is 1.83 bits per heavy atom. The minimum absolute atomic E-state index is 0.0352. The summed E-state index contributed by atoms with van der Waals surface area (Å²) in [6, 6.07) is 10.9. The molecular formula is C24H24N6O5.